The minimum Gasteiger partial charge on any atom is -0.239 e. The molecule has 0 rings (SSSR count). The van der Waals surface area contributed by atoms with Gasteiger partial charge >= 0.3 is 0 Å². The first-order valence-corrected chi connectivity index (χ1v) is 2.25. The third-order valence-corrected chi connectivity index (χ3v) is 0.755. The van der Waals surface area contributed by atoms with Crippen molar-refractivity contribution < 1.29 is 8.78 Å². The largest absolute Gasteiger partial charge is 0.239 e. The van der Waals surface area contributed by atoms with Crippen molar-refractivity contribution in [1.29, 1.82) is 0 Å². The van der Waals surface area contributed by atoms with Gasteiger partial charge in [0.05, 0.1) is 0 Å². The Bertz CT molecular complexity index is 76.5. The van der Waals surface area contributed by atoms with Crippen LogP contribution in [0.1, 0.15) is 0 Å². The monoisotopic (exact) mass is 118 g/mol. The molecule has 0 bridgehead atoms. The van der Waals surface area contributed by atoms with Crippen molar-refractivity contribution in [3.63, 3.8) is 0 Å². The van der Waals surface area contributed by atoms with Crippen LogP contribution in [0.4, 0.5) is 8.78 Å². The van der Waals surface area contributed by atoms with Crippen LogP contribution in [0.15, 0.2) is 25.3 Å². The standard InChI is InChI=1S/C6H8F2/c1-3-5(7)6(8)4-2/h3-6H,1-2H2. The quantitative estimate of drug-likeness (QED) is 0.497. The number of alkyl halides is 2. The first-order chi connectivity index (χ1) is 3.72. The molecule has 0 aliphatic heterocycles. The molecule has 0 aromatic rings. The molecule has 46 valence electrons. The minimum atomic E-state index is -1.60. The smallest absolute Gasteiger partial charge is 0.153 e. The summed E-state index contributed by atoms with van der Waals surface area (Å²) in [6.45, 7) is 6.13. The highest BCUT2D eigenvalue weighted by Crippen LogP contribution is 2.04. The molecule has 0 aromatic heterocycles. The van der Waals surface area contributed by atoms with Gasteiger partial charge in [0.15, 0.2) is 12.3 Å². The van der Waals surface area contributed by atoms with Crippen molar-refractivity contribution in [2.75, 3.05) is 0 Å². The van der Waals surface area contributed by atoms with Crippen LogP contribution in [0, 0.1) is 0 Å². The average Bonchev–Trinajstić information content (AvgIpc) is 1.84. The van der Waals surface area contributed by atoms with E-state index >= 15 is 0 Å². The summed E-state index contributed by atoms with van der Waals surface area (Å²) in [5.41, 5.74) is 0. The molecule has 0 nitrogen and oxygen atoms in total. The summed E-state index contributed by atoms with van der Waals surface area (Å²) in [7, 11) is 0. The topological polar surface area (TPSA) is 0 Å². The van der Waals surface area contributed by atoms with Crippen molar-refractivity contribution in [2.45, 2.75) is 12.3 Å². The Morgan fingerprint density at radius 3 is 1.38 bits per heavy atom. The lowest BCUT2D eigenvalue weighted by atomic mass is 10.2. The number of allylic oxidation sites excluding steroid dienone is 2. The van der Waals surface area contributed by atoms with E-state index in [9.17, 15) is 8.78 Å². The van der Waals surface area contributed by atoms with Crippen LogP contribution in [-0.2, 0) is 0 Å². The molecule has 0 heterocycles. The summed E-state index contributed by atoms with van der Waals surface area (Å²) < 4.78 is 23.9. The van der Waals surface area contributed by atoms with Crippen molar-refractivity contribution in [2.24, 2.45) is 0 Å². The molecule has 2 unspecified atom stereocenters. The zero-order valence-corrected chi connectivity index (χ0v) is 4.48. The maximum atomic E-state index is 12.0. The second-order valence-electron chi connectivity index (χ2n) is 1.36. The second kappa shape index (κ2) is 3.36. The zero-order chi connectivity index (χ0) is 6.57. The van der Waals surface area contributed by atoms with Crippen LogP contribution < -0.4 is 0 Å². The van der Waals surface area contributed by atoms with Gasteiger partial charge in [-0.15, -0.1) is 13.2 Å². The number of rotatable bonds is 3. The second-order valence-corrected chi connectivity index (χ2v) is 1.36. The average molecular weight is 118 g/mol. The molecule has 0 aliphatic rings. The molecule has 0 saturated carbocycles. The predicted octanol–water partition coefficient (Wildman–Crippen LogP) is 2.03. The van der Waals surface area contributed by atoms with Crippen molar-refractivity contribution in [1.82, 2.24) is 0 Å². The third-order valence-electron chi connectivity index (χ3n) is 0.755. The summed E-state index contributed by atoms with van der Waals surface area (Å²) in [5, 5.41) is 0. The van der Waals surface area contributed by atoms with Crippen molar-refractivity contribution >= 4 is 0 Å². The van der Waals surface area contributed by atoms with E-state index < -0.39 is 12.3 Å². The molecular formula is C6H8F2. The van der Waals surface area contributed by atoms with Crippen LogP contribution in [0.2, 0.25) is 0 Å². The van der Waals surface area contributed by atoms with Crippen LogP contribution >= 0.6 is 0 Å². The van der Waals surface area contributed by atoms with Gasteiger partial charge in [0, 0.05) is 0 Å². The van der Waals surface area contributed by atoms with Gasteiger partial charge in [0.1, 0.15) is 0 Å². The Balaban J connectivity index is 3.60. The molecule has 0 fully saturated rings. The van der Waals surface area contributed by atoms with E-state index in [0.717, 1.165) is 12.2 Å². The number of halogens is 2. The molecule has 0 aliphatic carbocycles. The van der Waals surface area contributed by atoms with E-state index in [1.165, 1.54) is 0 Å². The first kappa shape index (κ1) is 7.34. The van der Waals surface area contributed by atoms with Crippen LogP contribution in [0.25, 0.3) is 0 Å². The molecule has 0 radical (unpaired) electrons. The Morgan fingerprint density at radius 1 is 1.00 bits per heavy atom. The van der Waals surface area contributed by atoms with Gasteiger partial charge in [0.25, 0.3) is 0 Å². The zero-order valence-electron chi connectivity index (χ0n) is 4.48. The molecule has 0 saturated heterocycles. The van der Waals surface area contributed by atoms with E-state index in [-0.39, 0.29) is 0 Å². The van der Waals surface area contributed by atoms with E-state index in [1.807, 2.05) is 0 Å². The summed E-state index contributed by atoms with van der Waals surface area (Å²) in [4.78, 5) is 0. The summed E-state index contributed by atoms with van der Waals surface area (Å²) in [5.74, 6) is 0. The van der Waals surface area contributed by atoms with Crippen LogP contribution in [-0.4, -0.2) is 12.3 Å². The van der Waals surface area contributed by atoms with Gasteiger partial charge in [0.2, 0.25) is 0 Å². The maximum absolute atomic E-state index is 12.0. The molecule has 2 atom stereocenters. The SMILES string of the molecule is C=CC(F)C(F)C=C. The molecule has 0 aromatic carbocycles. The lowest BCUT2D eigenvalue weighted by Gasteiger charge is -2.00. The number of hydrogen-bond donors (Lipinski definition) is 0. The molecule has 2 heteroatoms. The molecule has 0 amide bonds. The molecular weight excluding hydrogens is 110 g/mol. The van der Waals surface area contributed by atoms with Gasteiger partial charge in [-0.25, -0.2) is 8.78 Å². The first-order valence-electron chi connectivity index (χ1n) is 2.25. The highest BCUT2D eigenvalue weighted by molar-refractivity contribution is 4.93. The highest BCUT2D eigenvalue weighted by atomic mass is 19.2. The number of hydrogen-bond acceptors (Lipinski definition) is 0. The lowest BCUT2D eigenvalue weighted by molar-refractivity contribution is 0.248. The Morgan fingerprint density at radius 2 is 1.25 bits per heavy atom. The van der Waals surface area contributed by atoms with Gasteiger partial charge in [-0.2, -0.15) is 0 Å². The van der Waals surface area contributed by atoms with E-state index in [4.69, 9.17) is 0 Å². The summed E-state index contributed by atoms with van der Waals surface area (Å²) >= 11 is 0. The Hall–Kier alpha value is -0.660. The predicted molar refractivity (Wildman–Crippen MR) is 30.2 cm³/mol. The Labute approximate surface area is 47.5 Å². The van der Waals surface area contributed by atoms with Crippen molar-refractivity contribution in [3.8, 4) is 0 Å². The highest BCUT2D eigenvalue weighted by Gasteiger charge is 2.10. The minimum absolute atomic E-state index is 0.909. The Kier molecular flexibility index (Phi) is 3.08. The summed E-state index contributed by atoms with van der Waals surface area (Å²) in [6.07, 6.45) is -1.39. The fraction of sp³-hybridized carbons (Fsp3) is 0.333. The molecule has 0 N–H and O–H groups in total. The van der Waals surface area contributed by atoms with Crippen molar-refractivity contribution in [3.05, 3.63) is 25.3 Å². The lowest BCUT2D eigenvalue weighted by Crippen LogP contribution is -2.09. The molecule has 0 spiro atoms. The summed E-state index contributed by atoms with van der Waals surface area (Å²) in [6, 6.07) is 0. The van der Waals surface area contributed by atoms with Crippen LogP contribution in [0.5, 0.6) is 0 Å². The maximum Gasteiger partial charge on any atom is 0.153 e. The fourth-order valence-corrected chi connectivity index (χ4v) is 0.260. The van der Waals surface area contributed by atoms with Gasteiger partial charge in [-0.05, 0) is 0 Å². The van der Waals surface area contributed by atoms with E-state index in [0.29, 0.717) is 0 Å². The fourth-order valence-electron chi connectivity index (χ4n) is 0.260. The van der Waals surface area contributed by atoms with E-state index in [2.05, 4.69) is 13.2 Å². The van der Waals surface area contributed by atoms with Gasteiger partial charge in [-0.1, -0.05) is 12.2 Å². The molecule has 8 heavy (non-hydrogen) atoms. The van der Waals surface area contributed by atoms with Crippen LogP contribution in [0.3, 0.4) is 0 Å². The van der Waals surface area contributed by atoms with E-state index in [1.54, 1.807) is 0 Å². The third kappa shape index (κ3) is 1.87. The normalized spacial score (nSPS) is 16.8. The van der Waals surface area contributed by atoms with Gasteiger partial charge < -0.3 is 0 Å². The van der Waals surface area contributed by atoms with Gasteiger partial charge in [-0.3, -0.25) is 0 Å².